The topological polar surface area (TPSA) is 84.5 Å². The third-order valence-electron chi connectivity index (χ3n) is 3.79. The van der Waals surface area contributed by atoms with Crippen LogP contribution in [0.2, 0.25) is 0 Å². The second-order valence-corrected chi connectivity index (χ2v) is 8.33. The standard InChI is InChI=1S/C20H26N2O4S/c1-5-19(26-17-10-6-15(4)7-11-17)20(23)21-16-8-12-18(13-9-16)27(24,25)22-14(2)3/h6-14,19,22H,5H2,1-4H3,(H,21,23)/t19-/m0/s1. The maximum Gasteiger partial charge on any atom is 0.265 e. The lowest BCUT2D eigenvalue weighted by atomic mass is 10.2. The van der Waals surface area contributed by atoms with E-state index in [0.29, 0.717) is 17.9 Å². The van der Waals surface area contributed by atoms with E-state index in [9.17, 15) is 13.2 Å². The van der Waals surface area contributed by atoms with Crippen LogP contribution in [0.25, 0.3) is 0 Å². The first kappa shape index (κ1) is 20.9. The van der Waals surface area contributed by atoms with E-state index in [2.05, 4.69) is 10.0 Å². The van der Waals surface area contributed by atoms with Crippen molar-refractivity contribution in [2.24, 2.45) is 0 Å². The first-order valence-corrected chi connectivity index (χ1v) is 10.4. The molecule has 0 aliphatic carbocycles. The number of carbonyl (C=O) groups is 1. The summed E-state index contributed by atoms with van der Waals surface area (Å²) in [7, 11) is -3.56. The molecule has 0 saturated carbocycles. The summed E-state index contributed by atoms with van der Waals surface area (Å²) in [5, 5.41) is 2.76. The predicted molar refractivity (Wildman–Crippen MR) is 106 cm³/mol. The summed E-state index contributed by atoms with van der Waals surface area (Å²) in [6.45, 7) is 7.36. The minimum Gasteiger partial charge on any atom is -0.481 e. The summed E-state index contributed by atoms with van der Waals surface area (Å²) in [6, 6.07) is 13.3. The Bertz CT molecular complexity index is 860. The molecular formula is C20H26N2O4S. The number of nitrogens with one attached hydrogen (secondary N) is 2. The lowest BCUT2D eigenvalue weighted by Crippen LogP contribution is -2.32. The van der Waals surface area contributed by atoms with E-state index >= 15 is 0 Å². The quantitative estimate of drug-likeness (QED) is 0.723. The normalized spacial score (nSPS) is 12.6. The summed E-state index contributed by atoms with van der Waals surface area (Å²) in [6.07, 6.45) is -0.136. The Kier molecular flexibility index (Phi) is 6.98. The van der Waals surface area contributed by atoms with Gasteiger partial charge in [0.2, 0.25) is 10.0 Å². The molecule has 146 valence electrons. The number of hydrogen-bond acceptors (Lipinski definition) is 4. The zero-order valence-corrected chi connectivity index (χ0v) is 16.8. The third-order valence-corrected chi connectivity index (χ3v) is 5.46. The van der Waals surface area contributed by atoms with E-state index < -0.39 is 16.1 Å². The molecule has 2 aromatic carbocycles. The molecule has 1 amide bonds. The van der Waals surface area contributed by atoms with Crippen LogP contribution in [-0.2, 0) is 14.8 Å². The van der Waals surface area contributed by atoms with Crippen LogP contribution in [0.4, 0.5) is 5.69 Å². The Hall–Kier alpha value is -2.38. The molecule has 27 heavy (non-hydrogen) atoms. The van der Waals surface area contributed by atoms with Crippen LogP contribution in [0.3, 0.4) is 0 Å². The van der Waals surface area contributed by atoms with Crippen molar-refractivity contribution in [2.45, 2.75) is 51.2 Å². The van der Waals surface area contributed by atoms with Crippen molar-refractivity contribution in [3.63, 3.8) is 0 Å². The number of aryl methyl sites for hydroxylation is 1. The molecule has 2 rings (SSSR count). The van der Waals surface area contributed by atoms with Crippen LogP contribution in [0.1, 0.15) is 32.8 Å². The van der Waals surface area contributed by atoms with E-state index in [1.165, 1.54) is 12.1 Å². The molecule has 1 atom stereocenters. The molecule has 6 nitrogen and oxygen atoms in total. The average Bonchev–Trinajstić information content (AvgIpc) is 2.60. The van der Waals surface area contributed by atoms with Crippen LogP contribution in [0.15, 0.2) is 53.4 Å². The largest absolute Gasteiger partial charge is 0.481 e. The van der Waals surface area contributed by atoms with Crippen LogP contribution in [0.5, 0.6) is 5.75 Å². The fourth-order valence-corrected chi connectivity index (χ4v) is 3.67. The Morgan fingerprint density at radius 1 is 1.04 bits per heavy atom. The number of ether oxygens (including phenoxy) is 1. The SMILES string of the molecule is CC[C@H](Oc1ccc(C)cc1)C(=O)Nc1ccc(S(=O)(=O)NC(C)C)cc1. The number of hydrogen-bond donors (Lipinski definition) is 2. The minimum absolute atomic E-state index is 0.150. The van der Waals surface area contributed by atoms with Gasteiger partial charge >= 0.3 is 0 Å². The highest BCUT2D eigenvalue weighted by Crippen LogP contribution is 2.18. The van der Waals surface area contributed by atoms with Gasteiger partial charge in [0.25, 0.3) is 5.91 Å². The Morgan fingerprint density at radius 2 is 1.63 bits per heavy atom. The lowest BCUT2D eigenvalue weighted by molar-refractivity contribution is -0.122. The molecule has 2 aromatic rings. The number of carbonyl (C=O) groups excluding carboxylic acids is 1. The summed E-state index contributed by atoms with van der Waals surface area (Å²) in [5.41, 5.74) is 1.62. The molecule has 0 heterocycles. The highest BCUT2D eigenvalue weighted by Gasteiger charge is 2.19. The summed E-state index contributed by atoms with van der Waals surface area (Å²) in [5.74, 6) is 0.345. The van der Waals surface area contributed by atoms with Crippen molar-refractivity contribution in [1.82, 2.24) is 4.72 Å². The van der Waals surface area contributed by atoms with Gasteiger partial charge in [0.15, 0.2) is 6.10 Å². The Labute approximate surface area is 161 Å². The van der Waals surface area contributed by atoms with Crippen LogP contribution < -0.4 is 14.8 Å². The number of benzene rings is 2. The highest BCUT2D eigenvalue weighted by molar-refractivity contribution is 7.89. The molecule has 2 N–H and O–H groups in total. The molecule has 0 saturated heterocycles. The predicted octanol–water partition coefficient (Wildman–Crippen LogP) is 3.48. The van der Waals surface area contributed by atoms with Gasteiger partial charge in [0.05, 0.1) is 4.90 Å². The van der Waals surface area contributed by atoms with Crippen LogP contribution in [-0.4, -0.2) is 26.5 Å². The number of anilines is 1. The molecule has 0 aromatic heterocycles. The molecule has 0 spiro atoms. The molecule has 0 bridgehead atoms. The molecule has 0 aliphatic rings. The number of sulfonamides is 1. The molecule has 0 unspecified atom stereocenters. The van der Waals surface area contributed by atoms with Crippen molar-refractivity contribution >= 4 is 21.6 Å². The van der Waals surface area contributed by atoms with Gasteiger partial charge in [-0.05, 0) is 63.6 Å². The Balaban J connectivity index is 2.04. The van der Waals surface area contributed by atoms with E-state index in [1.807, 2.05) is 38.1 Å². The van der Waals surface area contributed by atoms with E-state index in [1.54, 1.807) is 26.0 Å². The second-order valence-electron chi connectivity index (χ2n) is 6.62. The van der Waals surface area contributed by atoms with E-state index in [0.717, 1.165) is 5.56 Å². The fraction of sp³-hybridized carbons (Fsp3) is 0.350. The van der Waals surface area contributed by atoms with Crippen molar-refractivity contribution in [1.29, 1.82) is 0 Å². The lowest BCUT2D eigenvalue weighted by Gasteiger charge is -2.17. The van der Waals surface area contributed by atoms with Crippen molar-refractivity contribution < 1.29 is 17.9 Å². The third kappa shape index (κ3) is 6.08. The van der Waals surface area contributed by atoms with Gasteiger partial charge in [0, 0.05) is 11.7 Å². The monoisotopic (exact) mass is 390 g/mol. The minimum atomic E-state index is -3.56. The second kappa shape index (κ2) is 9.01. The Morgan fingerprint density at radius 3 is 2.15 bits per heavy atom. The average molecular weight is 391 g/mol. The van der Waals surface area contributed by atoms with Gasteiger partial charge in [0.1, 0.15) is 5.75 Å². The van der Waals surface area contributed by atoms with Crippen molar-refractivity contribution in [3.8, 4) is 5.75 Å². The zero-order chi connectivity index (χ0) is 20.0. The van der Waals surface area contributed by atoms with Crippen LogP contribution in [0, 0.1) is 6.92 Å². The summed E-state index contributed by atoms with van der Waals surface area (Å²) >= 11 is 0. The maximum absolute atomic E-state index is 12.5. The summed E-state index contributed by atoms with van der Waals surface area (Å²) < 4.78 is 32.6. The molecule has 7 heteroatoms. The molecule has 0 aliphatic heterocycles. The van der Waals surface area contributed by atoms with Crippen LogP contribution >= 0.6 is 0 Å². The molecular weight excluding hydrogens is 364 g/mol. The smallest absolute Gasteiger partial charge is 0.265 e. The molecule has 0 fully saturated rings. The van der Waals surface area contributed by atoms with Crippen molar-refractivity contribution in [3.05, 3.63) is 54.1 Å². The van der Waals surface area contributed by atoms with Gasteiger partial charge in [-0.1, -0.05) is 24.6 Å². The first-order chi connectivity index (χ1) is 12.7. The highest BCUT2D eigenvalue weighted by atomic mass is 32.2. The first-order valence-electron chi connectivity index (χ1n) is 8.88. The fourth-order valence-electron chi connectivity index (χ4n) is 2.42. The van der Waals surface area contributed by atoms with Gasteiger partial charge in [-0.2, -0.15) is 0 Å². The van der Waals surface area contributed by atoms with Gasteiger partial charge in [-0.15, -0.1) is 0 Å². The number of rotatable bonds is 8. The maximum atomic E-state index is 12.5. The van der Waals surface area contributed by atoms with Gasteiger partial charge in [-0.25, -0.2) is 13.1 Å². The van der Waals surface area contributed by atoms with E-state index in [-0.39, 0.29) is 16.8 Å². The van der Waals surface area contributed by atoms with Crippen molar-refractivity contribution in [2.75, 3.05) is 5.32 Å². The zero-order valence-electron chi connectivity index (χ0n) is 16.0. The van der Waals surface area contributed by atoms with Gasteiger partial charge < -0.3 is 10.1 Å². The summed E-state index contributed by atoms with van der Waals surface area (Å²) in [4.78, 5) is 12.6. The number of amides is 1. The molecule has 0 radical (unpaired) electrons. The van der Waals surface area contributed by atoms with E-state index in [4.69, 9.17) is 4.74 Å². The van der Waals surface area contributed by atoms with Gasteiger partial charge in [-0.3, -0.25) is 4.79 Å².